The molecule has 0 saturated heterocycles. The fourth-order valence-electron chi connectivity index (χ4n) is 1.37. The molecule has 4 heteroatoms. The molecule has 1 aromatic carbocycles. The fourth-order valence-corrected chi connectivity index (χ4v) is 1.56. The van der Waals surface area contributed by atoms with Crippen LogP contribution in [-0.4, -0.2) is 19.1 Å². The molecule has 0 aliphatic rings. The maximum Gasteiger partial charge on any atom is 0.223 e. The summed E-state index contributed by atoms with van der Waals surface area (Å²) in [4.78, 5) is 11.4. The summed E-state index contributed by atoms with van der Waals surface area (Å²) in [6.45, 7) is 2.95. The lowest BCUT2D eigenvalue weighted by molar-refractivity contribution is -0.121. The number of benzene rings is 1. The van der Waals surface area contributed by atoms with Gasteiger partial charge >= 0.3 is 0 Å². The molecule has 1 N–H and O–H groups in total. The maximum absolute atomic E-state index is 11.4. The highest BCUT2D eigenvalue weighted by Crippen LogP contribution is 2.22. The van der Waals surface area contributed by atoms with Gasteiger partial charge in [-0.15, -0.1) is 0 Å². The second kappa shape index (κ2) is 8.59. The number of hydrogen-bond acceptors (Lipinski definition) is 2. The van der Waals surface area contributed by atoms with E-state index >= 15 is 0 Å². The maximum atomic E-state index is 11.4. The molecule has 98 valence electrons. The van der Waals surface area contributed by atoms with Crippen molar-refractivity contribution in [2.75, 3.05) is 13.2 Å². The highest BCUT2D eigenvalue weighted by atomic mass is 35.5. The topological polar surface area (TPSA) is 38.3 Å². The lowest BCUT2D eigenvalue weighted by atomic mass is 10.3. The SMILES string of the molecule is C/C=C/CCNC(=O)CCOc1ccccc1Cl. The Morgan fingerprint density at radius 1 is 1.44 bits per heavy atom. The van der Waals surface area contributed by atoms with Crippen molar-refractivity contribution < 1.29 is 9.53 Å². The number of carbonyl (C=O) groups excluding carboxylic acids is 1. The average molecular weight is 268 g/mol. The van der Waals surface area contributed by atoms with Crippen LogP contribution in [0.2, 0.25) is 5.02 Å². The third-order valence-corrected chi connectivity index (χ3v) is 2.60. The molecular formula is C14H18ClNO2. The van der Waals surface area contributed by atoms with Crippen molar-refractivity contribution in [1.29, 1.82) is 0 Å². The molecular weight excluding hydrogens is 250 g/mol. The van der Waals surface area contributed by atoms with E-state index in [0.29, 0.717) is 30.3 Å². The van der Waals surface area contributed by atoms with Gasteiger partial charge in [-0.1, -0.05) is 35.9 Å². The van der Waals surface area contributed by atoms with Crippen molar-refractivity contribution in [2.24, 2.45) is 0 Å². The van der Waals surface area contributed by atoms with Gasteiger partial charge in [0.2, 0.25) is 5.91 Å². The van der Waals surface area contributed by atoms with Crippen LogP contribution in [0.5, 0.6) is 5.75 Å². The van der Waals surface area contributed by atoms with E-state index in [1.165, 1.54) is 0 Å². The van der Waals surface area contributed by atoms with Gasteiger partial charge < -0.3 is 10.1 Å². The minimum atomic E-state index is -0.00782. The molecule has 0 aromatic heterocycles. The largest absolute Gasteiger partial charge is 0.491 e. The Hall–Kier alpha value is -1.48. The smallest absolute Gasteiger partial charge is 0.223 e. The standard InChI is InChI=1S/C14H18ClNO2/c1-2-3-6-10-16-14(17)9-11-18-13-8-5-4-7-12(13)15/h2-5,7-8H,6,9-11H2,1H3,(H,16,17)/b3-2+. The number of allylic oxidation sites excluding steroid dienone is 1. The van der Waals surface area contributed by atoms with Gasteiger partial charge in [0.15, 0.2) is 0 Å². The number of nitrogens with one attached hydrogen (secondary N) is 1. The summed E-state index contributed by atoms with van der Waals surface area (Å²) in [7, 11) is 0. The third-order valence-electron chi connectivity index (χ3n) is 2.29. The van der Waals surface area contributed by atoms with Crippen LogP contribution in [0.15, 0.2) is 36.4 Å². The van der Waals surface area contributed by atoms with Crippen molar-refractivity contribution in [2.45, 2.75) is 19.8 Å². The van der Waals surface area contributed by atoms with Crippen LogP contribution >= 0.6 is 11.6 Å². The van der Waals surface area contributed by atoms with Gasteiger partial charge in [0.05, 0.1) is 18.1 Å². The molecule has 0 aliphatic carbocycles. The summed E-state index contributed by atoms with van der Waals surface area (Å²) in [5, 5.41) is 3.38. The lowest BCUT2D eigenvalue weighted by Crippen LogP contribution is -2.25. The number of rotatable bonds is 7. The first-order valence-corrected chi connectivity index (χ1v) is 6.37. The van der Waals surface area contributed by atoms with Gasteiger partial charge in [-0.2, -0.15) is 0 Å². The van der Waals surface area contributed by atoms with Gasteiger partial charge in [0.1, 0.15) is 5.75 Å². The van der Waals surface area contributed by atoms with Gasteiger partial charge in [-0.05, 0) is 25.5 Å². The molecule has 18 heavy (non-hydrogen) atoms. The molecule has 0 saturated carbocycles. The van der Waals surface area contributed by atoms with E-state index in [0.717, 1.165) is 6.42 Å². The summed E-state index contributed by atoms with van der Waals surface area (Å²) < 4.78 is 5.43. The molecule has 0 heterocycles. The predicted octanol–water partition coefficient (Wildman–Crippen LogP) is 3.19. The molecule has 0 bridgehead atoms. The van der Waals surface area contributed by atoms with Crippen molar-refractivity contribution >= 4 is 17.5 Å². The minimum Gasteiger partial charge on any atom is -0.491 e. The molecule has 1 rings (SSSR count). The number of ether oxygens (including phenoxy) is 1. The highest BCUT2D eigenvalue weighted by molar-refractivity contribution is 6.32. The molecule has 0 fully saturated rings. The fraction of sp³-hybridized carbons (Fsp3) is 0.357. The Labute approximate surface area is 113 Å². The van der Waals surface area contributed by atoms with Crippen LogP contribution in [0.1, 0.15) is 19.8 Å². The average Bonchev–Trinajstić information content (AvgIpc) is 2.37. The van der Waals surface area contributed by atoms with E-state index in [9.17, 15) is 4.79 Å². The van der Waals surface area contributed by atoms with E-state index in [4.69, 9.17) is 16.3 Å². The second-order valence-electron chi connectivity index (χ2n) is 3.74. The Morgan fingerprint density at radius 2 is 2.22 bits per heavy atom. The Bertz CT molecular complexity index is 405. The first-order valence-electron chi connectivity index (χ1n) is 5.99. The Kier molecular flexibility index (Phi) is 6.96. The lowest BCUT2D eigenvalue weighted by Gasteiger charge is -2.07. The van der Waals surface area contributed by atoms with Crippen molar-refractivity contribution in [3.05, 3.63) is 41.4 Å². The first-order chi connectivity index (χ1) is 8.74. The number of carbonyl (C=O) groups is 1. The molecule has 1 amide bonds. The van der Waals surface area contributed by atoms with Crippen molar-refractivity contribution in [3.63, 3.8) is 0 Å². The molecule has 0 unspecified atom stereocenters. The molecule has 0 atom stereocenters. The first kappa shape index (κ1) is 14.6. The Morgan fingerprint density at radius 3 is 2.94 bits per heavy atom. The summed E-state index contributed by atoms with van der Waals surface area (Å²) in [5.74, 6) is 0.604. The summed E-state index contributed by atoms with van der Waals surface area (Å²) in [6.07, 6.45) is 5.17. The van der Waals surface area contributed by atoms with Gasteiger partial charge in [-0.25, -0.2) is 0 Å². The number of amides is 1. The second-order valence-corrected chi connectivity index (χ2v) is 4.14. The predicted molar refractivity (Wildman–Crippen MR) is 74.0 cm³/mol. The van der Waals surface area contributed by atoms with E-state index in [2.05, 4.69) is 5.32 Å². The van der Waals surface area contributed by atoms with Crippen LogP contribution in [0.3, 0.4) is 0 Å². The molecule has 0 spiro atoms. The molecule has 1 aromatic rings. The number of hydrogen-bond donors (Lipinski definition) is 1. The quantitative estimate of drug-likeness (QED) is 0.609. The third kappa shape index (κ3) is 5.73. The van der Waals surface area contributed by atoms with Crippen LogP contribution in [0.25, 0.3) is 0 Å². The van der Waals surface area contributed by atoms with E-state index < -0.39 is 0 Å². The van der Waals surface area contributed by atoms with Gasteiger partial charge in [0.25, 0.3) is 0 Å². The zero-order valence-corrected chi connectivity index (χ0v) is 11.2. The summed E-state index contributed by atoms with van der Waals surface area (Å²) in [5.41, 5.74) is 0. The van der Waals surface area contributed by atoms with Crippen molar-refractivity contribution in [1.82, 2.24) is 5.32 Å². The number of para-hydroxylation sites is 1. The number of halogens is 1. The van der Waals surface area contributed by atoms with Crippen LogP contribution in [0.4, 0.5) is 0 Å². The monoisotopic (exact) mass is 267 g/mol. The zero-order chi connectivity index (χ0) is 13.2. The van der Waals surface area contributed by atoms with Crippen molar-refractivity contribution in [3.8, 4) is 5.75 Å². The molecule has 0 radical (unpaired) electrons. The normalized spacial score (nSPS) is 10.6. The van der Waals surface area contributed by atoms with E-state index in [1.54, 1.807) is 12.1 Å². The van der Waals surface area contributed by atoms with Crippen LogP contribution in [-0.2, 0) is 4.79 Å². The summed E-state index contributed by atoms with van der Waals surface area (Å²) in [6, 6.07) is 7.22. The van der Waals surface area contributed by atoms with Gasteiger partial charge in [-0.3, -0.25) is 4.79 Å². The molecule has 0 aliphatic heterocycles. The van der Waals surface area contributed by atoms with Gasteiger partial charge in [0, 0.05) is 6.54 Å². The minimum absolute atomic E-state index is 0.00782. The zero-order valence-electron chi connectivity index (χ0n) is 10.5. The van der Waals surface area contributed by atoms with Crippen LogP contribution in [0, 0.1) is 0 Å². The van der Waals surface area contributed by atoms with Crippen LogP contribution < -0.4 is 10.1 Å². The van der Waals surface area contributed by atoms with E-state index in [-0.39, 0.29) is 5.91 Å². The molecule has 3 nitrogen and oxygen atoms in total. The van der Waals surface area contributed by atoms with E-state index in [1.807, 2.05) is 31.2 Å². The highest BCUT2D eigenvalue weighted by Gasteiger charge is 2.03. The Balaban J connectivity index is 2.18. The summed E-state index contributed by atoms with van der Waals surface area (Å²) >= 11 is 5.92.